The number of halogens is 1. The van der Waals surface area contributed by atoms with Crippen LogP contribution in [0.4, 0.5) is 10.1 Å². The first-order valence-corrected chi connectivity index (χ1v) is 6.04. The van der Waals surface area contributed by atoms with E-state index in [1.807, 2.05) is 0 Å². The Kier molecular flexibility index (Phi) is 2.54. The van der Waals surface area contributed by atoms with Gasteiger partial charge in [-0.25, -0.2) is 4.39 Å². The molecule has 0 amide bonds. The monoisotopic (exact) mass is 233 g/mol. The van der Waals surface area contributed by atoms with Crippen LogP contribution < -0.4 is 10.1 Å². The van der Waals surface area contributed by atoms with Crippen molar-refractivity contribution >= 4 is 5.69 Å². The summed E-state index contributed by atoms with van der Waals surface area (Å²) in [5.74, 6) is 1.47. The van der Waals surface area contributed by atoms with Gasteiger partial charge in [-0.05, 0) is 30.9 Å². The summed E-state index contributed by atoms with van der Waals surface area (Å²) in [7, 11) is 1.49. The molecule has 1 fully saturated rings. The van der Waals surface area contributed by atoms with E-state index in [4.69, 9.17) is 4.74 Å². The van der Waals surface area contributed by atoms with E-state index >= 15 is 0 Å². The third-order valence-corrected chi connectivity index (χ3v) is 3.87. The Bertz CT molecular complexity index is 458. The van der Waals surface area contributed by atoms with Gasteiger partial charge in [-0.2, -0.15) is 0 Å². The van der Waals surface area contributed by atoms with Gasteiger partial charge < -0.3 is 10.1 Å². The molecule has 0 saturated heterocycles. The number of rotatable bonds is 3. The summed E-state index contributed by atoms with van der Waals surface area (Å²) in [4.78, 5) is 0. The quantitative estimate of drug-likeness (QED) is 0.809. The summed E-state index contributed by atoms with van der Waals surface area (Å²) < 4.78 is 18.2. The lowest BCUT2D eigenvalue weighted by Gasteiger charge is -2.41. The average Bonchev–Trinajstić information content (AvgIpc) is 2.69. The number of methoxy groups -OCH3 is 1. The fraction of sp³-hybridized carbons (Fsp3) is 0.429. The first kappa shape index (κ1) is 10.6. The minimum absolute atomic E-state index is 0.299. The van der Waals surface area contributed by atoms with Crippen molar-refractivity contribution in [2.24, 2.45) is 11.8 Å². The van der Waals surface area contributed by atoms with Gasteiger partial charge >= 0.3 is 0 Å². The van der Waals surface area contributed by atoms with E-state index in [0.29, 0.717) is 17.7 Å². The molecule has 0 heterocycles. The fourth-order valence-corrected chi connectivity index (χ4v) is 2.85. The molecule has 1 aromatic carbocycles. The minimum Gasteiger partial charge on any atom is -0.494 e. The van der Waals surface area contributed by atoms with Crippen molar-refractivity contribution in [3.8, 4) is 5.75 Å². The van der Waals surface area contributed by atoms with E-state index in [1.165, 1.54) is 26.0 Å². The highest BCUT2D eigenvalue weighted by atomic mass is 19.1. The molecule has 3 rings (SSSR count). The number of nitrogens with one attached hydrogen (secondary N) is 1. The summed E-state index contributed by atoms with van der Waals surface area (Å²) in [6.45, 7) is 0. The van der Waals surface area contributed by atoms with Crippen molar-refractivity contribution in [1.29, 1.82) is 0 Å². The Balaban J connectivity index is 1.71. The van der Waals surface area contributed by atoms with Crippen LogP contribution in [0, 0.1) is 17.7 Å². The van der Waals surface area contributed by atoms with Crippen molar-refractivity contribution < 1.29 is 9.13 Å². The number of fused-ring (bicyclic) bond motifs is 1. The lowest BCUT2D eigenvalue weighted by atomic mass is 9.71. The van der Waals surface area contributed by atoms with Crippen LogP contribution in [-0.4, -0.2) is 13.2 Å². The second-order valence-electron chi connectivity index (χ2n) is 4.84. The van der Waals surface area contributed by atoms with E-state index in [9.17, 15) is 4.39 Å². The Morgan fingerprint density at radius 3 is 3.06 bits per heavy atom. The zero-order chi connectivity index (χ0) is 11.8. The zero-order valence-electron chi connectivity index (χ0n) is 9.82. The van der Waals surface area contributed by atoms with E-state index < -0.39 is 0 Å². The molecule has 1 aromatic rings. The summed E-state index contributed by atoms with van der Waals surface area (Å²) >= 11 is 0. The van der Waals surface area contributed by atoms with Gasteiger partial charge in [0.05, 0.1) is 7.11 Å². The maximum absolute atomic E-state index is 13.3. The van der Waals surface area contributed by atoms with E-state index in [0.717, 1.165) is 11.6 Å². The topological polar surface area (TPSA) is 21.3 Å². The van der Waals surface area contributed by atoms with Crippen LogP contribution in [-0.2, 0) is 0 Å². The molecule has 3 heteroatoms. The molecule has 0 aliphatic heterocycles. The number of hydrogen-bond acceptors (Lipinski definition) is 2. The Morgan fingerprint density at radius 1 is 1.41 bits per heavy atom. The largest absolute Gasteiger partial charge is 0.494 e. The Labute approximate surface area is 100 Å². The third kappa shape index (κ3) is 1.79. The molecule has 0 bridgehead atoms. The first-order chi connectivity index (χ1) is 8.28. The van der Waals surface area contributed by atoms with Gasteiger partial charge in [-0.3, -0.25) is 0 Å². The minimum atomic E-state index is -0.315. The lowest BCUT2D eigenvalue weighted by Crippen LogP contribution is -2.43. The van der Waals surface area contributed by atoms with Gasteiger partial charge in [0.1, 0.15) is 0 Å². The molecule has 2 nitrogen and oxygen atoms in total. The highest BCUT2D eigenvalue weighted by molar-refractivity contribution is 5.50. The second kappa shape index (κ2) is 4.06. The fourth-order valence-electron chi connectivity index (χ4n) is 2.85. The number of allylic oxidation sites excluding steroid dienone is 1. The molecule has 90 valence electrons. The molecule has 1 N–H and O–H groups in total. The standard InChI is InChI=1S/C14H16FNO/c1-17-14-8-10(5-6-12(14)15)16-13-7-9-3-2-4-11(9)13/h2,4-6,8-9,11,13,16H,3,7H2,1H3. The Morgan fingerprint density at radius 2 is 2.29 bits per heavy atom. The van der Waals surface area contributed by atoms with E-state index in [2.05, 4.69) is 17.5 Å². The smallest absolute Gasteiger partial charge is 0.165 e. The average molecular weight is 233 g/mol. The molecule has 0 spiro atoms. The highest BCUT2D eigenvalue weighted by Crippen LogP contribution is 2.44. The number of hydrogen-bond donors (Lipinski definition) is 1. The van der Waals surface area contributed by atoms with E-state index in [1.54, 1.807) is 12.1 Å². The van der Waals surface area contributed by atoms with Crippen LogP contribution >= 0.6 is 0 Å². The van der Waals surface area contributed by atoms with Crippen LogP contribution in [0.3, 0.4) is 0 Å². The molecular formula is C14H16FNO. The van der Waals surface area contributed by atoms with Crippen molar-refractivity contribution in [3.05, 3.63) is 36.2 Å². The van der Waals surface area contributed by atoms with Crippen LogP contribution in [0.5, 0.6) is 5.75 Å². The summed E-state index contributed by atoms with van der Waals surface area (Å²) in [6.07, 6.45) is 6.99. The molecule has 2 aliphatic carbocycles. The normalized spacial score (nSPS) is 29.6. The number of benzene rings is 1. The Hall–Kier alpha value is -1.51. The van der Waals surface area contributed by atoms with Crippen molar-refractivity contribution in [1.82, 2.24) is 0 Å². The van der Waals surface area contributed by atoms with Gasteiger partial charge in [-0.1, -0.05) is 12.2 Å². The van der Waals surface area contributed by atoms with E-state index in [-0.39, 0.29) is 5.82 Å². The first-order valence-electron chi connectivity index (χ1n) is 6.04. The summed E-state index contributed by atoms with van der Waals surface area (Å²) in [5, 5.41) is 3.45. The lowest BCUT2D eigenvalue weighted by molar-refractivity contribution is 0.218. The molecule has 0 radical (unpaired) electrons. The third-order valence-electron chi connectivity index (χ3n) is 3.87. The van der Waals surface area contributed by atoms with Crippen LogP contribution in [0.1, 0.15) is 12.8 Å². The van der Waals surface area contributed by atoms with Gasteiger partial charge in [0.15, 0.2) is 11.6 Å². The molecule has 3 unspecified atom stereocenters. The van der Waals surface area contributed by atoms with Crippen LogP contribution in [0.2, 0.25) is 0 Å². The van der Waals surface area contributed by atoms with Crippen molar-refractivity contribution in [3.63, 3.8) is 0 Å². The van der Waals surface area contributed by atoms with Crippen LogP contribution in [0.25, 0.3) is 0 Å². The van der Waals surface area contributed by atoms with Gasteiger partial charge in [0.2, 0.25) is 0 Å². The number of ether oxygens (including phenoxy) is 1. The maximum atomic E-state index is 13.3. The predicted molar refractivity (Wildman–Crippen MR) is 65.7 cm³/mol. The maximum Gasteiger partial charge on any atom is 0.165 e. The van der Waals surface area contributed by atoms with Crippen LogP contribution in [0.15, 0.2) is 30.4 Å². The van der Waals surface area contributed by atoms with Gasteiger partial charge in [0, 0.05) is 23.7 Å². The van der Waals surface area contributed by atoms with Gasteiger partial charge in [-0.15, -0.1) is 0 Å². The predicted octanol–water partition coefficient (Wildman–Crippen LogP) is 3.21. The molecule has 17 heavy (non-hydrogen) atoms. The zero-order valence-corrected chi connectivity index (χ0v) is 9.82. The highest BCUT2D eigenvalue weighted by Gasteiger charge is 2.40. The summed E-state index contributed by atoms with van der Waals surface area (Å²) in [5.41, 5.74) is 0.937. The molecular weight excluding hydrogens is 217 g/mol. The SMILES string of the molecule is COc1cc(NC2CC3CC=CC32)ccc1F. The van der Waals surface area contributed by atoms with Gasteiger partial charge in [0.25, 0.3) is 0 Å². The van der Waals surface area contributed by atoms with Crippen molar-refractivity contribution in [2.45, 2.75) is 18.9 Å². The molecule has 0 aromatic heterocycles. The molecule has 1 saturated carbocycles. The van der Waals surface area contributed by atoms with Crippen molar-refractivity contribution in [2.75, 3.05) is 12.4 Å². The molecule has 3 atom stereocenters. The summed E-state index contributed by atoms with van der Waals surface area (Å²) in [6, 6.07) is 5.43. The molecule has 2 aliphatic rings. The number of anilines is 1. The second-order valence-corrected chi connectivity index (χ2v) is 4.84.